The van der Waals surface area contributed by atoms with Gasteiger partial charge in [-0.1, -0.05) is 6.07 Å². The molecule has 0 saturated carbocycles. The maximum absolute atomic E-state index is 10.8. The van der Waals surface area contributed by atoms with Crippen molar-refractivity contribution in [3.8, 4) is 0 Å². The highest BCUT2D eigenvalue weighted by molar-refractivity contribution is 9.10. The van der Waals surface area contributed by atoms with Crippen molar-refractivity contribution in [1.29, 1.82) is 0 Å². The van der Waals surface area contributed by atoms with Crippen molar-refractivity contribution in [3.63, 3.8) is 0 Å². The van der Waals surface area contributed by atoms with Gasteiger partial charge in [0.25, 0.3) is 0 Å². The predicted molar refractivity (Wildman–Crippen MR) is 59.6 cm³/mol. The van der Waals surface area contributed by atoms with Crippen molar-refractivity contribution >= 4 is 33.7 Å². The Bertz CT molecular complexity index is 374. The Morgan fingerprint density at radius 1 is 1.57 bits per heavy atom. The summed E-state index contributed by atoms with van der Waals surface area (Å²) in [5.41, 5.74) is 7.16. The molecule has 4 heteroatoms. The molecule has 0 radical (unpaired) electrons. The largest absolute Gasteiger partial charge is 0.466 e. The molecule has 0 aliphatic heterocycles. The number of hydrogen-bond donors (Lipinski definition) is 1. The van der Waals surface area contributed by atoms with Crippen LogP contribution in [-0.4, -0.2) is 13.1 Å². The first-order chi connectivity index (χ1) is 6.63. The molecule has 74 valence electrons. The van der Waals surface area contributed by atoms with Crippen LogP contribution in [0.1, 0.15) is 5.56 Å². The number of nitrogens with two attached hydrogens (primary N) is 1. The van der Waals surface area contributed by atoms with Gasteiger partial charge in [-0.2, -0.15) is 0 Å². The summed E-state index contributed by atoms with van der Waals surface area (Å²) in [6, 6.07) is 5.44. The van der Waals surface area contributed by atoms with E-state index in [0.29, 0.717) is 5.69 Å². The van der Waals surface area contributed by atoms with E-state index in [1.54, 1.807) is 12.1 Å². The van der Waals surface area contributed by atoms with Gasteiger partial charge < -0.3 is 10.5 Å². The van der Waals surface area contributed by atoms with E-state index in [1.165, 1.54) is 13.2 Å². The number of anilines is 1. The number of halogens is 1. The Morgan fingerprint density at radius 3 is 2.86 bits per heavy atom. The topological polar surface area (TPSA) is 52.3 Å². The molecular weight excluding hydrogens is 246 g/mol. The van der Waals surface area contributed by atoms with Crippen molar-refractivity contribution in [1.82, 2.24) is 0 Å². The molecule has 0 heterocycles. The highest BCUT2D eigenvalue weighted by atomic mass is 79.9. The molecule has 2 N–H and O–H groups in total. The highest BCUT2D eigenvalue weighted by Crippen LogP contribution is 2.20. The Balaban J connectivity index is 2.83. The standard InChI is InChI=1S/C10H10BrNO2/c1-14-10(13)5-3-7-2-4-8(11)9(12)6-7/h2-6H,12H2,1H3/b5-3+. The van der Waals surface area contributed by atoms with E-state index in [9.17, 15) is 4.79 Å². The first-order valence-corrected chi connectivity index (χ1v) is 4.74. The molecule has 0 atom stereocenters. The zero-order valence-corrected chi connectivity index (χ0v) is 9.24. The number of benzene rings is 1. The Morgan fingerprint density at radius 2 is 2.29 bits per heavy atom. The van der Waals surface area contributed by atoms with Crippen LogP contribution in [0.5, 0.6) is 0 Å². The SMILES string of the molecule is COC(=O)/C=C/c1ccc(Br)c(N)c1. The van der Waals surface area contributed by atoms with Crippen LogP contribution < -0.4 is 5.73 Å². The van der Waals surface area contributed by atoms with Crippen LogP contribution in [0.25, 0.3) is 6.08 Å². The van der Waals surface area contributed by atoms with Crippen molar-refractivity contribution in [2.45, 2.75) is 0 Å². The van der Waals surface area contributed by atoms with Crippen LogP contribution in [0, 0.1) is 0 Å². The van der Waals surface area contributed by atoms with Crippen LogP contribution in [0.3, 0.4) is 0 Å². The van der Waals surface area contributed by atoms with E-state index >= 15 is 0 Å². The van der Waals surface area contributed by atoms with Crippen LogP contribution in [0.4, 0.5) is 5.69 Å². The number of nitrogen functional groups attached to an aromatic ring is 1. The van der Waals surface area contributed by atoms with Crippen LogP contribution in [0.2, 0.25) is 0 Å². The molecule has 3 nitrogen and oxygen atoms in total. The molecule has 1 rings (SSSR count). The Hall–Kier alpha value is -1.29. The van der Waals surface area contributed by atoms with Gasteiger partial charge in [-0.25, -0.2) is 4.79 Å². The summed E-state index contributed by atoms with van der Waals surface area (Å²) in [4.78, 5) is 10.8. The fourth-order valence-electron chi connectivity index (χ4n) is 0.898. The molecule has 0 bridgehead atoms. The lowest BCUT2D eigenvalue weighted by atomic mass is 10.2. The average molecular weight is 256 g/mol. The summed E-state index contributed by atoms with van der Waals surface area (Å²) >= 11 is 3.28. The lowest BCUT2D eigenvalue weighted by Crippen LogP contribution is -1.93. The number of methoxy groups -OCH3 is 1. The monoisotopic (exact) mass is 255 g/mol. The minimum absolute atomic E-state index is 0.383. The van der Waals surface area contributed by atoms with E-state index in [4.69, 9.17) is 5.73 Å². The third-order valence-electron chi connectivity index (χ3n) is 1.63. The third kappa shape index (κ3) is 2.88. The fraction of sp³-hybridized carbons (Fsp3) is 0.100. The second kappa shape index (κ2) is 4.81. The van der Waals surface area contributed by atoms with Gasteiger partial charge in [0.05, 0.1) is 7.11 Å². The van der Waals surface area contributed by atoms with Crippen molar-refractivity contribution in [2.75, 3.05) is 12.8 Å². The summed E-state index contributed by atoms with van der Waals surface area (Å²) in [6.45, 7) is 0. The van der Waals surface area contributed by atoms with Crippen LogP contribution in [0.15, 0.2) is 28.7 Å². The lowest BCUT2D eigenvalue weighted by Gasteiger charge is -1.98. The summed E-state index contributed by atoms with van der Waals surface area (Å²) in [5, 5.41) is 0. The first kappa shape index (κ1) is 10.8. The second-order valence-corrected chi connectivity index (χ2v) is 3.49. The normalized spacial score (nSPS) is 10.4. The van der Waals surface area contributed by atoms with Crippen molar-refractivity contribution in [3.05, 3.63) is 34.3 Å². The summed E-state index contributed by atoms with van der Waals surface area (Å²) in [5.74, 6) is -0.383. The first-order valence-electron chi connectivity index (χ1n) is 3.94. The van der Waals surface area contributed by atoms with Crippen molar-refractivity contribution < 1.29 is 9.53 Å². The third-order valence-corrected chi connectivity index (χ3v) is 2.36. The highest BCUT2D eigenvalue weighted by Gasteiger charge is 1.96. The minimum atomic E-state index is -0.383. The lowest BCUT2D eigenvalue weighted by molar-refractivity contribution is -0.134. The maximum Gasteiger partial charge on any atom is 0.330 e. The summed E-state index contributed by atoms with van der Waals surface area (Å²) < 4.78 is 5.30. The Labute approximate surface area is 90.7 Å². The summed E-state index contributed by atoms with van der Waals surface area (Å²) in [6.07, 6.45) is 3.00. The van der Waals surface area contributed by atoms with Gasteiger partial charge in [-0.05, 0) is 39.7 Å². The van der Waals surface area contributed by atoms with Gasteiger partial charge in [0, 0.05) is 16.2 Å². The molecule has 0 fully saturated rings. The number of hydrogen-bond acceptors (Lipinski definition) is 3. The number of rotatable bonds is 2. The smallest absolute Gasteiger partial charge is 0.330 e. The average Bonchev–Trinajstić information content (AvgIpc) is 2.19. The van der Waals surface area contributed by atoms with Gasteiger partial charge >= 0.3 is 5.97 Å². The van der Waals surface area contributed by atoms with Crippen LogP contribution >= 0.6 is 15.9 Å². The number of ether oxygens (including phenoxy) is 1. The van der Waals surface area contributed by atoms with E-state index in [1.807, 2.05) is 12.1 Å². The zero-order valence-electron chi connectivity index (χ0n) is 7.66. The molecular formula is C10H10BrNO2. The molecule has 0 aliphatic carbocycles. The predicted octanol–water partition coefficient (Wildman–Crippen LogP) is 2.22. The fourth-order valence-corrected chi connectivity index (χ4v) is 1.14. The maximum atomic E-state index is 10.8. The van der Waals surface area contributed by atoms with E-state index in [-0.39, 0.29) is 5.97 Å². The molecule has 0 aliphatic rings. The quantitative estimate of drug-likeness (QED) is 0.501. The zero-order chi connectivity index (χ0) is 10.6. The van der Waals surface area contributed by atoms with Crippen LogP contribution in [-0.2, 0) is 9.53 Å². The van der Waals surface area contributed by atoms with Crippen molar-refractivity contribution in [2.24, 2.45) is 0 Å². The van der Waals surface area contributed by atoms with Gasteiger partial charge in [0.2, 0.25) is 0 Å². The molecule has 0 unspecified atom stereocenters. The molecule has 14 heavy (non-hydrogen) atoms. The number of esters is 1. The van der Waals surface area contributed by atoms with Gasteiger partial charge in [0.15, 0.2) is 0 Å². The molecule has 0 saturated heterocycles. The van der Waals surface area contributed by atoms with E-state index < -0.39 is 0 Å². The number of carbonyl (C=O) groups excluding carboxylic acids is 1. The van der Waals surface area contributed by atoms with E-state index in [2.05, 4.69) is 20.7 Å². The van der Waals surface area contributed by atoms with Gasteiger partial charge in [0.1, 0.15) is 0 Å². The van der Waals surface area contributed by atoms with Gasteiger partial charge in [-0.3, -0.25) is 0 Å². The molecule has 1 aromatic rings. The molecule has 0 amide bonds. The second-order valence-electron chi connectivity index (χ2n) is 2.64. The van der Waals surface area contributed by atoms with Gasteiger partial charge in [-0.15, -0.1) is 0 Å². The minimum Gasteiger partial charge on any atom is -0.466 e. The molecule has 0 aromatic heterocycles. The Kier molecular flexibility index (Phi) is 3.71. The molecule has 1 aromatic carbocycles. The number of carbonyl (C=O) groups is 1. The summed E-state index contributed by atoms with van der Waals surface area (Å²) in [7, 11) is 1.34. The van der Waals surface area contributed by atoms with E-state index in [0.717, 1.165) is 10.0 Å². The molecule has 0 spiro atoms.